The molecule has 2 aliphatic heterocycles. The Morgan fingerprint density at radius 3 is 2.13 bits per heavy atom. The van der Waals surface area contributed by atoms with E-state index in [0.29, 0.717) is 19.3 Å². The van der Waals surface area contributed by atoms with Gasteiger partial charge < -0.3 is 18.3 Å². The second-order valence-electron chi connectivity index (χ2n) is 16.6. The van der Waals surface area contributed by atoms with Crippen molar-refractivity contribution in [3.63, 3.8) is 0 Å². The third-order valence-electron chi connectivity index (χ3n) is 11.4. The lowest BCUT2D eigenvalue weighted by atomic mass is 9.84. The summed E-state index contributed by atoms with van der Waals surface area (Å²) in [5, 5.41) is 0.0286. The molecular weight excluding hydrogens is 609 g/mol. The molecule has 0 saturated carbocycles. The molecule has 6 nitrogen and oxygen atoms in total. The van der Waals surface area contributed by atoms with Crippen LogP contribution < -0.4 is 0 Å². The quantitative estimate of drug-likeness (QED) is 0.137. The van der Waals surface area contributed by atoms with Crippen LogP contribution in [0.3, 0.4) is 0 Å². The molecule has 0 aromatic heterocycles. The first-order chi connectivity index (χ1) is 21.2. The molecule has 0 aromatic carbocycles. The Hall–Kier alpha value is -1.07. The predicted octanol–water partition coefficient (Wildman–Crippen LogP) is 10.3. The van der Waals surface area contributed by atoms with Crippen molar-refractivity contribution >= 4 is 28.4 Å². The first-order valence-electron chi connectivity index (χ1n) is 18.3. The van der Waals surface area contributed by atoms with E-state index in [1.807, 2.05) is 19.9 Å². The normalized spacial score (nSPS) is 34.7. The molecule has 0 spiro atoms. The minimum atomic E-state index is -2.19. The lowest BCUT2D eigenvalue weighted by Crippen LogP contribution is -2.54. The third kappa shape index (κ3) is 11.0. The van der Waals surface area contributed by atoms with Crippen LogP contribution in [0.5, 0.6) is 0 Å². The zero-order valence-electron chi connectivity index (χ0n) is 32.1. The van der Waals surface area contributed by atoms with E-state index >= 15 is 0 Å². The average molecular weight is 679 g/mol. The molecule has 0 radical (unpaired) electrons. The second kappa shape index (κ2) is 16.6. The summed E-state index contributed by atoms with van der Waals surface area (Å²) < 4.78 is 27.1. The van der Waals surface area contributed by atoms with Crippen molar-refractivity contribution < 1.29 is 27.9 Å². The standard InChI is InChI=1S/C38H70O6Si2/c1-15-23-37(11)26-33-31(42-37)21-19-28(5)24-30(7)32(43-45(13,14)36(8,9)10)27-38(12,44-46(16-2,17-3)18-4)34(39)25-29(6)20-22-35(40)41-33/h20,22,24,29-33H,15-19,21,23,25-27H2,1-14H3/b22-20+,28-24+/t29-,30-,31+,32+,33-,37-,38-/m1/s1. The van der Waals surface area contributed by atoms with Crippen LogP contribution in [0, 0.1) is 11.8 Å². The molecule has 2 rings (SSSR count). The van der Waals surface area contributed by atoms with Gasteiger partial charge in [-0.05, 0) is 88.1 Å². The van der Waals surface area contributed by atoms with E-state index in [1.165, 1.54) is 11.6 Å². The van der Waals surface area contributed by atoms with Gasteiger partial charge >= 0.3 is 5.97 Å². The highest BCUT2D eigenvalue weighted by Gasteiger charge is 2.48. The summed E-state index contributed by atoms with van der Waals surface area (Å²) in [5.74, 6) is -0.326. The van der Waals surface area contributed by atoms with E-state index in [9.17, 15) is 9.59 Å². The Kier molecular flexibility index (Phi) is 14.8. The van der Waals surface area contributed by atoms with Gasteiger partial charge in [0, 0.05) is 25.3 Å². The zero-order chi connectivity index (χ0) is 35.1. The number of hydrogen-bond acceptors (Lipinski definition) is 6. The van der Waals surface area contributed by atoms with Gasteiger partial charge in [-0.3, -0.25) is 4.79 Å². The summed E-state index contributed by atoms with van der Waals surface area (Å²) in [6, 6.07) is 2.90. The van der Waals surface area contributed by atoms with E-state index in [4.69, 9.17) is 18.3 Å². The van der Waals surface area contributed by atoms with E-state index in [1.54, 1.807) is 0 Å². The maximum atomic E-state index is 14.4. The van der Waals surface area contributed by atoms with Crippen LogP contribution >= 0.6 is 0 Å². The fourth-order valence-corrected chi connectivity index (χ4v) is 11.5. The number of fused-ring (bicyclic) bond motifs is 1. The van der Waals surface area contributed by atoms with Crippen molar-refractivity contribution in [3.8, 4) is 0 Å². The number of esters is 1. The highest BCUT2D eigenvalue weighted by molar-refractivity contribution is 6.74. The highest BCUT2D eigenvalue weighted by Crippen LogP contribution is 2.42. The van der Waals surface area contributed by atoms with Gasteiger partial charge in [0.25, 0.3) is 0 Å². The van der Waals surface area contributed by atoms with Crippen molar-refractivity contribution in [2.75, 3.05) is 0 Å². The van der Waals surface area contributed by atoms with Gasteiger partial charge in [-0.2, -0.15) is 0 Å². The molecule has 0 aromatic rings. The molecule has 1 saturated heterocycles. The second-order valence-corrected chi connectivity index (χ2v) is 26.1. The van der Waals surface area contributed by atoms with Gasteiger partial charge in [-0.25, -0.2) is 4.79 Å². The molecule has 0 N–H and O–H groups in total. The van der Waals surface area contributed by atoms with Crippen LogP contribution in [-0.2, 0) is 27.9 Å². The number of allylic oxidation sites excluding steroid dienone is 2. The van der Waals surface area contributed by atoms with E-state index < -0.39 is 22.2 Å². The Balaban J connectivity index is 2.62. The fraction of sp³-hybridized carbons (Fsp3) is 0.842. The lowest BCUT2D eigenvalue weighted by Gasteiger charge is -2.45. The number of ether oxygens (including phenoxy) is 2. The number of ketones is 1. The summed E-state index contributed by atoms with van der Waals surface area (Å²) in [5.41, 5.74) is -0.0111. The Labute approximate surface area is 285 Å². The SMILES string of the molecule is CCC[C@]1(C)C[C@H]2OC(=O)/C=C/[C@@H](C)CC(=O)[C@](C)(O[Si](CC)(CC)CC)C[C@H](O[Si](C)(C)C(C)(C)C)[C@H](C)/C=C(\C)CC[C@@H]2O1. The topological polar surface area (TPSA) is 71.1 Å². The number of rotatable bonds is 9. The molecule has 8 heteroatoms. The van der Waals surface area contributed by atoms with Gasteiger partial charge in [-0.1, -0.05) is 86.5 Å². The summed E-state index contributed by atoms with van der Waals surface area (Å²) in [7, 11) is -4.35. The monoisotopic (exact) mass is 678 g/mol. The molecule has 7 atom stereocenters. The van der Waals surface area contributed by atoms with Crippen molar-refractivity contribution in [2.45, 2.75) is 194 Å². The third-order valence-corrected chi connectivity index (χ3v) is 20.6. The van der Waals surface area contributed by atoms with E-state index in [-0.39, 0.29) is 52.5 Å². The minimum Gasteiger partial charge on any atom is -0.456 e. The summed E-state index contributed by atoms with van der Waals surface area (Å²) >= 11 is 0. The summed E-state index contributed by atoms with van der Waals surface area (Å²) in [6.07, 6.45) is 10.2. The van der Waals surface area contributed by atoms with E-state index in [0.717, 1.165) is 43.8 Å². The molecule has 0 bridgehead atoms. The molecule has 266 valence electrons. The first-order valence-corrected chi connectivity index (χ1v) is 23.8. The van der Waals surface area contributed by atoms with E-state index in [2.05, 4.69) is 88.4 Å². The van der Waals surface area contributed by atoms with Gasteiger partial charge in [0.2, 0.25) is 0 Å². The molecule has 2 aliphatic rings. The van der Waals surface area contributed by atoms with Crippen LogP contribution in [0.15, 0.2) is 23.8 Å². The molecule has 0 unspecified atom stereocenters. The van der Waals surface area contributed by atoms with Crippen LogP contribution in [-0.4, -0.2) is 57.9 Å². The van der Waals surface area contributed by atoms with Gasteiger partial charge in [-0.15, -0.1) is 0 Å². The van der Waals surface area contributed by atoms with Crippen molar-refractivity contribution in [3.05, 3.63) is 23.8 Å². The maximum Gasteiger partial charge on any atom is 0.330 e. The minimum absolute atomic E-state index is 0.0286. The Bertz CT molecular complexity index is 1070. The fourth-order valence-electron chi connectivity index (χ4n) is 7.05. The smallest absolute Gasteiger partial charge is 0.330 e. The number of Topliss-reactive ketones (excluding diaryl/α,β-unsaturated/α-hetero) is 1. The molecule has 0 aliphatic carbocycles. The van der Waals surface area contributed by atoms with Gasteiger partial charge in [0.1, 0.15) is 11.7 Å². The number of hydrogen-bond donors (Lipinski definition) is 0. The highest BCUT2D eigenvalue weighted by atomic mass is 28.4. The Morgan fingerprint density at radius 1 is 0.978 bits per heavy atom. The molecule has 1 fully saturated rings. The Morgan fingerprint density at radius 2 is 1.59 bits per heavy atom. The number of carbonyl (C=O) groups is 2. The van der Waals surface area contributed by atoms with Crippen molar-refractivity contribution in [2.24, 2.45) is 11.8 Å². The summed E-state index contributed by atoms with van der Waals surface area (Å²) in [6.45, 7) is 30.8. The zero-order valence-corrected chi connectivity index (χ0v) is 34.1. The van der Waals surface area contributed by atoms with Gasteiger partial charge in [0.15, 0.2) is 22.4 Å². The summed E-state index contributed by atoms with van der Waals surface area (Å²) in [4.78, 5) is 27.5. The molecule has 0 amide bonds. The van der Waals surface area contributed by atoms with Gasteiger partial charge in [0.05, 0.1) is 17.8 Å². The first kappa shape index (κ1) is 41.1. The molecule has 2 heterocycles. The largest absolute Gasteiger partial charge is 0.456 e. The van der Waals surface area contributed by atoms with Crippen LogP contribution in [0.1, 0.15) is 128 Å². The lowest BCUT2D eigenvalue weighted by molar-refractivity contribution is -0.146. The maximum absolute atomic E-state index is 14.4. The van der Waals surface area contributed by atoms with Crippen molar-refractivity contribution in [1.29, 1.82) is 0 Å². The van der Waals surface area contributed by atoms with Crippen LogP contribution in [0.2, 0.25) is 36.3 Å². The van der Waals surface area contributed by atoms with Crippen LogP contribution in [0.25, 0.3) is 0 Å². The van der Waals surface area contributed by atoms with Crippen molar-refractivity contribution in [1.82, 2.24) is 0 Å². The number of carbonyl (C=O) groups excluding carboxylic acids is 2. The molecule has 46 heavy (non-hydrogen) atoms. The predicted molar refractivity (Wildman–Crippen MR) is 196 cm³/mol. The van der Waals surface area contributed by atoms with Crippen LogP contribution in [0.4, 0.5) is 0 Å². The molecular formula is C38H70O6Si2. The average Bonchev–Trinajstić information content (AvgIpc) is 3.26.